The predicted octanol–water partition coefficient (Wildman–Crippen LogP) is 10.6. The van der Waals surface area contributed by atoms with Gasteiger partial charge in [0.15, 0.2) is 0 Å². The number of rotatable bonds is 5. The molecule has 356 valence electrons. The fraction of sp³-hybridized carbons (Fsp3) is 0.474. The normalized spacial score (nSPS) is 34.4. The first-order valence-electron chi connectivity index (χ1n) is 22.7. The summed E-state index contributed by atoms with van der Waals surface area (Å²) in [5, 5.41) is 0. The number of hydrogen-bond acceptors (Lipinski definition) is 0. The quantitative estimate of drug-likeness (QED) is 0.207. The first-order valence-corrected chi connectivity index (χ1v) is 24.0. The topological polar surface area (TPSA) is 0 Å². The Labute approximate surface area is 419 Å². The van der Waals surface area contributed by atoms with Gasteiger partial charge in [-0.15, -0.1) is 17.4 Å². The van der Waals surface area contributed by atoms with E-state index in [9.17, 15) is 26.3 Å². The summed E-state index contributed by atoms with van der Waals surface area (Å²) >= 11 is 0.898. The average molecular weight is 1030 g/mol. The van der Waals surface area contributed by atoms with Gasteiger partial charge in [-0.05, 0) is 28.6 Å². The van der Waals surface area contributed by atoms with Crippen LogP contribution in [0.1, 0.15) is 125 Å². The van der Waals surface area contributed by atoms with Gasteiger partial charge in [-0.1, -0.05) is 173 Å². The van der Waals surface area contributed by atoms with Crippen LogP contribution >= 0.6 is 0 Å². The molecule has 6 aliphatic carbocycles. The molecular weight excluding hydrogens is 961 g/mol. The molecular formula is C57H66Cl2F6Zr-2. The third-order valence-corrected chi connectivity index (χ3v) is 19.0. The number of benzene rings is 2. The van der Waals surface area contributed by atoms with Crippen LogP contribution in [0.25, 0.3) is 0 Å². The van der Waals surface area contributed by atoms with Crippen molar-refractivity contribution in [2.24, 2.45) is 55.2 Å². The van der Waals surface area contributed by atoms with Crippen LogP contribution in [0, 0.1) is 67.7 Å². The molecule has 0 N–H and O–H groups in total. The van der Waals surface area contributed by atoms with Crippen molar-refractivity contribution in [3.63, 3.8) is 0 Å². The molecule has 2 saturated carbocycles. The van der Waals surface area contributed by atoms with E-state index in [0.29, 0.717) is 31.6 Å². The van der Waals surface area contributed by atoms with Gasteiger partial charge in [-0.25, -0.2) is 6.08 Å². The predicted molar refractivity (Wildman–Crippen MR) is 248 cm³/mol. The Kier molecular flexibility index (Phi) is 16.3. The molecule has 0 aliphatic heterocycles. The number of fused-ring (bicyclic) bond motifs is 8. The molecule has 0 spiro atoms. The standard InChI is InChI=1S/C29H37.C15H8F6.C13H21.2ClH.Zr/c1-21-14-13-15-22-20-27(6)25(4)18-10-9-16-23(25,2)24(3)17-11-12-19-26(24,5)29(27,8)28(21,22)7;16-14(17,18)12-5-1-10(2-6-12)9-11-3-7-13(8-4-11)15(19,20)21;1-5-6-7-11-8-9-12(10-11)13(2,3)4;;;/h9-20,22H,1-8H3;1-8H;9-11H,5-7H2,1-4H3;2*1H;/q-1;;-1;;;+2/p-2. The van der Waals surface area contributed by atoms with Crippen LogP contribution < -0.4 is 24.8 Å². The van der Waals surface area contributed by atoms with E-state index < -0.39 is 23.5 Å². The maximum atomic E-state index is 12.5. The molecule has 2 aromatic carbocycles. The van der Waals surface area contributed by atoms with Gasteiger partial charge in [-0.2, -0.15) is 11.6 Å². The molecule has 8 rings (SSSR count). The average Bonchev–Trinajstić information content (AvgIpc) is 3.80. The van der Waals surface area contributed by atoms with Gasteiger partial charge >= 0.3 is 137 Å². The number of unbranched alkanes of at least 4 members (excludes halogenated alkanes) is 1. The van der Waals surface area contributed by atoms with E-state index >= 15 is 0 Å². The van der Waals surface area contributed by atoms with Crippen molar-refractivity contribution in [3.8, 4) is 0 Å². The van der Waals surface area contributed by atoms with E-state index in [1.807, 2.05) is 0 Å². The first kappa shape index (κ1) is 55.9. The van der Waals surface area contributed by atoms with Gasteiger partial charge in [-0.3, -0.25) is 6.08 Å². The summed E-state index contributed by atoms with van der Waals surface area (Å²) < 4.78 is 75.6. The minimum absolute atomic E-state index is 0. The van der Waals surface area contributed by atoms with Crippen molar-refractivity contribution >= 4 is 3.21 Å². The minimum atomic E-state index is -4.41. The minimum Gasteiger partial charge on any atom is -1.00 e. The first-order chi connectivity index (χ1) is 29.5. The fourth-order valence-electron chi connectivity index (χ4n) is 12.6. The molecule has 0 bridgehead atoms. The van der Waals surface area contributed by atoms with Gasteiger partial charge in [0.05, 0.1) is 0 Å². The van der Waals surface area contributed by atoms with E-state index in [-0.39, 0.29) is 62.7 Å². The van der Waals surface area contributed by atoms with Gasteiger partial charge in [0.1, 0.15) is 0 Å². The molecule has 0 aromatic heterocycles. The molecule has 9 unspecified atom stereocenters. The Morgan fingerprint density at radius 3 is 1.53 bits per heavy atom. The van der Waals surface area contributed by atoms with Crippen LogP contribution in [0.15, 0.2) is 139 Å². The summed E-state index contributed by atoms with van der Waals surface area (Å²) in [6, 6.07) is 9.14. The molecule has 0 nitrogen and oxygen atoms in total. The number of halogens is 8. The van der Waals surface area contributed by atoms with Crippen LogP contribution in [-0.2, 0) is 36.6 Å². The maximum absolute atomic E-state index is 12.5. The Morgan fingerprint density at radius 1 is 0.667 bits per heavy atom. The molecule has 66 heavy (non-hydrogen) atoms. The van der Waals surface area contributed by atoms with Crippen LogP contribution in [0.2, 0.25) is 0 Å². The summed E-state index contributed by atoms with van der Waals surface area (Å²) in [6.45, 7) is 29.3. The number of allylic oxidation sites excluding steroid dienone is 16. The van der Waals surface area contributed by atoms with Crippen LogP contribution in [0.3, 0.4) is 0 Å². The van der Waals surface area contributed by atoms with E-state index in [4.69, 9.17) is 0 Å². The van der Waals surface area contributed by atoms with E-state index in [1.54, 1.807) is 0 Å². The fourth-order valence-corrected chi connectivity index (χ4v) is 13.4. The summed E-state index contributed by atoms with van der Waals surface area (Å²) in [4.78, 5) is 0. The Bertz CT molecular complexity index is 2290. The number of alkyl halides is 6. The molecule has 6 aliphatic rings. The Morgan fingerprint density at radius 2 is 1.11 bits per heavy atom. The smallest absolute Gasteiger partial charge is 1.00 e. The summed E-state index contributed by atoms with van der Waals surface area (Å²) in [5.41, 5.74) is 3.09. The molecule has 0 heterocycles. The third kappa shape index (κ3) is 8.67. The van der Waals surface area contributed by atoms with Crippen LogP contribution in [-0.4, -0.2) is 3.21 Å². The summed E-state index contributed by atoms with van der Waals surface area (Å²) in [5.74, 6) is 1.05. The second kappa shape index (κ2) is 19.2. The second-order valence-electron chi connectivity index (χ2n) is 21.2. The van der Waals surface area contributed by atoms with Gasteiger partial charge in [0.25, 0.3) is 0 Å². The van der Waals surface area contributed by atoms with Gasteiger partial charge in [0, 0.05) is 10.8 Å². The summed E-state index contributed by atoms with van der Waals surface area (Å²) in [6.07, 6.45) is 32.3. The van der Waals surface area contributed by atoms with Crippen molar-refractivity contribution < 1.29 is 75.4 Å². The largest absolute Gasteiger partial charge is 1.00 e. The Hall–Kier alpha value is -2.73. The van der Waals surface area contributed by atoms with Crippen LogP contribution in [0.4, 0.5) is 26.3 Å². The van der Waals surface area contributed by atoms with Crippen molar-refractivity contribution in [1.29, 1.82) is 0 Å². The molecule has 9 heteroatoms. The molecule has 0 saturated heterocycles. The SMILES string of the molecule is CC1=CC=CC2[CH-]C3(C)C4(C)C=CC=CC4(C)C4(C)C=CC=CC4(C)C3(C)C12C.CCCCC1[C-]=CC(C(C)(C)C)=C1.FC(F)(F)c1ccc([C](=[Zr+2])c2ccc(C(F)(F)F)cc2)cc1.[Cl-].[Cl-]. The zero-order valence-electron chi connectivity index (χ0n) is 40.5. The molecule has 9 atom stereocenters. The number of hydrogen-bond donors (Lipinski definition) is 0. The zero-order valence-corrected chi connectivity index (χ0v) is 44.5. The molecule has 2 fully saturated rings. The van der Waals surface area contributed by atoms with Crippen molar-refractivity contribution in [2.75, 3.05) is 0 Å². The zero-order chi connectivity index (χ0) is 47.6. The van der Waals surface area contributed by atoms with Gasteiger partial charge in [0.2, 0.25) is 0 Å². The van der Waals surface area contributed by atoms with Crippen LogP contribution in [0.5, 0.6) is 0 Å². The Balaban J connectivity index is 0.000000229. The third-order valence-electron chi connectivity index (χ3n) is 17.6. The maximum Gasteiger partial charge on any atom is -1.00 e. The monoisotopic (exact) mass is 1020 g/mol. The van der Waals surface area contributed by atoms with E-state index in [2.05, 4.69) is 175 Å². The van der Waals surface area contributed by atoms with Crippen molar-refractivity contribution in [1.82, 2.24) is 0 Å². The second-order valence-corrected chi connectivity index (χ2v) is 22.4. The van der Waals surface area contributed by atoms with E-state index in [0.717, 1.165) is 48.5 Å². The van der Waals surface area contributed by atoms with Crippen molar-refractivity contribution in [3.05, 3.63) is 173 Å². The van der Waals surface area contributed by atoms with E-state index in [1.165, 1.54) is 54.7 Å². The molecule has 0 amide bonds. The molecule has 0 radical (unpaired) electrons. The molecule has 2 aromatic rings. The van der Waals surface area contributed by atoms with Gasteiger partial charge < -0.3 is 31.2 Å². The van der Waals surface area contributed by atoms with Crippen molar-refractivity contribution in [2.45, 2.75) is 115 Å². The summed E-state index contributed by atoms with van der Waals surface area (Å²) in [7, 11) is 0.